The second-order valence-electron chi connectivity index (χ2n) is 6.19. The maximum atomic E-state index is 5.49. The maximum Gasteiger partial charge on any atom is 0.133 e. The molecular weight excluding hydrogens is 298 g/mol. The molecule has 1 aliphatic heterocycles. The zero-order valence-electron chi connectivity index (χ0n) is 14.0. The molecule has 0 saturated heterocycles. The minimum atomic E-state index is 0.785. The molecule has 1 N–H and O–H groups in total. The molecule has 1 aromatic heterocycles. The van der Waals surface area contributed by atoms with Gasteiger partial charge >= 0.3 is 0 Å². The second kappa shape index (κ2) is 6.04. The molecule has 0 fully saturated rings. The van der Waals surface area contributed by atoms with Gasteiger partial charge in [-0.3, -0.25) is 0 Å². The summed E-state index contributed by atoms with van der Waals surface area (Å²) in [5.74, 6) is 2.05. The van der Waals surface area contributed by atoms with E-state index in [9.17, 15) is 0 Å². The van der Waals surface area contributed by atoms with E-state index in [1.165, 1.54) is 16.7 Å². The first kappa shape index (κ1) is 14.8. The number of benzene rings is 2. The highest BCUT2D eigenvalue weighted by atomic mass is 16.5. The first-order valence-corrected chi connectivity index (χ1v) is 8.30. The van der Waals surface area contributed by atoms with Gasteiger partial charge in [0.05, 0.1) is 18.5 Å². The Kier molecular flexibility index (Phi) is 3.73. The lowest BCUT2D eigenvalue weighted by Crippen LogP contribution is -2.05. The summed E-state index contributed by atoms with van der Waals surface area (Å²) in [5.41, 5.74) is 5.96. The van der Waals surface area contributed by atoms with Gasteiger partial charge < -0.3 is 10.1 Å². The van der Waals surface area contributed by atoms with E-state index in [-0.39, 0.29) is 0 Å². The molecule has 0 radical (unpaired) electrons. The molecule has 24 heavy (non-hydrogen) atoms. The van der Waals surface area contributed by atoms with Gasteiger partial charge in [0, 0.05) is 24.1 Å². The minimum Gasteiger partial charge on any atom is -0.496 e. The largest absolute Gasteiger partial charge is 0.496 e. The topological polar surface area (TPSA) is 39.1 Å². The van der Waals surface area contributed by atoms with E-state index >= 15 is 0 Å². The Morgan fingerprint density at radius 1 is 1.12 bits per heavy atom. The quantitative estimate of drug-likeness (QED) is 0.796. The number of nitrogens with zero attached hydrogens (tertiary/aromatic N) is 2. The lowest BCUT2D eigenvalue weighted by molar-refractivity contribution is 0.410. The van der Waals surface area contributed by atoms with E-state index in [0.29, 0.717) is 0 Å². The summed E-state index contributed by atoms with van der Waals surface area (Å²) in [6, 6.07) is 16.7. The molecule has 0 bridgehead atoms. The van der Waals surface area contributed by atoms with Gasteiger partial charge in [0.25, 0.3) is 0 Å². The van der Waals surface area contributed by atoms with Gasteiger partial charge in [-0.25, -0.2) is 4.68 Å². The number of hydrogen-bond acceptors (Lipinski definition) is 3. The standard InChI is InChI=1S/C20H21N3O/c1-14-7-9-16(10-8-14)23-20-17(11-12-21-20)18(22-23)13-15-5-3-4-6-19(15)24-2/h3-10,21H,11-13H2,1-2H3. The van der Waals surface area contributed by atoms with Gasteiger partial charge in [0.2, 0.25) is 0 Å². The fourth-order valence-electron chi connectivity index (χ4n) is 3.29. The van der Waals surface area contributed by atoms with Crippen molar-refractivity contribution >= 4 is 5.82 Å². The van der Waals surface area contributed by atoms with Gasteiger partial charge in [-0.15, -0.1) is 0 Å². The molecule has 0 aliphatic carbocycles. The normalized spacial score (nSPS) is 12.8. The number of fused-ring (bicyclic) bond motifs is 1. The van der Waals surface area contributed by atoms with Gasteiger partial charge in [0.1, 0.15) is 11.6 Å². The monoisotopic (exact) mass is 319 g/mol. The van der Waals surface area contributed by atoms with E-state index in [1.54, 1.807) is 7.11 Å². The highest BCUT2D eigenvalue weighted by Gasteiger charge is 2.23. The van der Waals surface area contributed by atoms with Crippen LogP contribution in [0.1, 0.15) is 22.4 Å². The van der Waals surface area contributed by atoms with Crippen LogP contribution < -0.4 is 10.1 Å². The summed E-state index contributed by atoms with van der Waals surface area (Å²) in [7, 11) is 1.72. The third-order valence-electron chi connectivity index (χ3n) is 4.56. The summed E-state index contributed by atoms with van der Waals surface area (Å²) >= 11 is 0. The Balaban J connectivity index is 1.75. The molecule has 0 atom stereocenters. The SMILES string of the molecule is COc1ccccc1Cc1nn(-c2ccc(C)cc2)c2c1CCN2. The van der Waals surface area contributed by atoms with Crippen LogP contribution in [0.3, 0.4) is 0 Å². The van der Waals surface area contributed by atoms with Crippen molar-refractivity contribution in [3.63, 3.8) is 0 Å². The number of ether oxygens (including phenoxy) is 1. The van der Waals surface area contributed by atoms with Crippen molar-refractivity contribution in [1.29, 1.82) is 0 Å². The molecule has 0 amide bonds. The van der Waals surface area contributed by atoms with E-state index in [2.05, 4.69) is 42.6 Å². The number of methoxy groups -OCH3 is 1. The third kappa shape index (κ3) is 2.54. The maximum absolute atomic E-state index is 5.49. The molecule has 0 spiro atoms. The minimum absolute atomic E-state index is 0.785. The zero-order chi connectivity index (χ0) is 16.5. The number of aromatic nitrogens is 2. The average molecular weight is 319 g/mol. The summed E-state index contributed by atoms with van der Waals surface area (Å²) in [4.78, 5) is 0. The summed E-state index contributed by atoms with van der Waals surface area (Å²) in [5, 5.41) is 8.39. The molecular formula is C20H21N3O. The lowest BCUT2D eigenvalue weighted by Gasteiger charge is -2.08. The van der Waals surface area contributed by atoms with Crippen LogP contribution in [0.5, 0.6) is 5.75 Å². The molecule has 1 aliphatic rings. The molecule has 0 unspecified atom stereocenters. The summed E-state index contributed by atoms with van der Waals surface area (Å²) in [6.07, 6.45) is 1.80. The molecule has 122 valence electrons. The van der Waals surface area contributed by atoms with Crippen LogP contribution in [-0.2, 0) is 12.8 Å². The van der Waals surface area contributed by atoms with Gasteiger partial charge in [0.15, 0.2) is 0 Å². The number of rotatable bonds is 4. The van der Waals surface area contributed by atoms with Crippen molar-refractivity contribution < 1.29 is 4.74 Å². The predicted octanol–water partition coefficient (Wildman–Crippen LogP) is 3.75. The van der Waals surface area contributed by atoms with Crippen LogP contribution in [0.4, 0.5) is 5.82 Å². The van der Waals surface area contributed by atoms with Crippen LogP contribution in [-0.4, -0.2) is 23.4 Å². The Morgan fingerprint density at radius 2 is 1.92 bits per heavy atom. The van der Waals surface area contributed by atoms with E-state index < -0.39 is 0 Å². The molecule has 2 aromatic carbocycles. The fourth-order valence-corrected chi connectivity index (χ4v) is 3.29. The highest BCUT2D eigenvalue weighted by molar-refractivity contribution is 5.58. The van der Waals surface area contributed by atoms with Gasteiger partial charge in [-0.05, 0) is 31.5 Å². The molecule has 2 heterocycles. The Labute approximate surface area is 142 Å². The number of nitrogens with one attached hydrogen (secondary N) is 1. The smallest absolute Gasteiger partial charge is 0.133 e. The van der Waals surface area contributed by atoms with Crippen molar-refractivity contribution in [3.8, 4) is 11.4 Å². The number of para-hydroxylation sites is 1. The summed E-state index contributed by atoms with van der Waals surface area (Å²) in [6.45, 7) is 3.07. The van der Waals surface area contributed by atoms with Gasteiger partial charge in [-0.2, -0.15) is 5.10 Å². The molecule has 0 saturated carbocycles. The lowest BCUT2D eigenvalue weighted by atomic mass is 10.0. The number of aryl methyl sites for hydroxylation is 1. The molecule has 4 nitrogen and oxygen atoms in total. The number of anilines is 1. The highest BCUT2D eigenvalue weighted by Crippen LogP contribution is 2.31. The first-order valence-electron chi connectivity index (χ1n) is 8.30. The van der Waals surface area contributed by atoms with Crippen molar-refractivity contribution in [3.05, 3.63) is 70.9 Å². The number of hydrogen-bond donors (Lipinski definition) is 1. The van der Waals surface area contributed by atoms with E-state index in [1.807, 2.05) is 22.9 Å². The van der Waals surface area contributed by atoms with Crippen LogP contribution in [0.25, 0.3) is 5.69 Å². The van der Waals surface area contributed by atoms with Crippen molar-refractivity contribution in [2.75, 3.05) is 19.0 Å². The Hall–Kier alpha value is -2.75. The van der Waals surface area contributed by atoms with E-state index in [0.717, 1.165) is 42.3 Å². The van der Waals surface area contributed by atoms with Crippen LogP contribution in [0.2, 0.25) is 0 Å². The van der Waals surface area contributed by atoms with Crippen molar-refractivity contribution in [2.45, 2.75) is 19.8 Å². The predicted molar refractivity (Wildman–Crippen MR) is 96.3 cm³/mol. The Bertz CT molecular complexity index is 865. The average Bonchev–Trinajstić information content (AvgIpc) is 3.20. The third-order valence-corrected chi connectivity index (χ3v) is 4.56. The molecule has 4 rings (SSSR count). The summed E-state index contributed by atoms with van der Waals surface area (Å²) < 4.78 is 7.53. The van der Waals surface area contributed by atoms with Crippen LogP contribution in [0, 0.1) is 6.92 Å². The Morgan fingerprint density at radius 3 is 2.71 bits per heavy atom. The van der Waals surface area contributed by atoms with Crippen LogP contribution >= 0.6 is 0 Å². The van der Waals surface area contributed by atoms with Gasteiger partial charge in [-0.1, -0.05) is 35.9 Å². The first-order chi connectivity index (χ1) is 11.8. The zero-order valence-corrected chi connectivity index (χ0v) is 14.0. The fraction of sp³-hybridized carbons (Fsp3) is 0.250. The second-order valence-corrected chi connectivity index (χ2v) is 6.19. The van der Waals surface area contributed by atoms with Crippen molar-refractivity contribution in [2.24, 2.45) is 0 Å². The van der Waals surface area contributed by atoms with E-state index in [4.69, 9.17) is 9.84 Å². The van der Waals surface area contributed by atoms with Crippen LogP contribution in [0.15, 0.2) is 48.5 Å². The molecule has 3 aromatic rings. The molecule has 4 heteroatoms. The van der Waals surface area contributed by atoms with Crippen molar-refractivity contribution in [1.82, 2.24) is 9.78 Å².